The van der Waals surface area contributed by atoms with Crippen LogP contribution in [0, 0.1) is 17.3 Å². The first-order chi connectivity index (χ1) is 6.57. The van der Waals surface area contributed by atoms with Crippen LogP contribution in [0.5, 0.6) is 0 Å². The maximum atomic E-state index is 2.69. The lowest BCUT2D eigenvalue weighted by atomic mass is 9.69. The van der Waals surface area contributed by atoms with Crippen LogP contribution in [0.3, 0.4) is 0 Å². The fourth-order valence-corrected chi connectivity index (χ4v) is 3.51. The maximum Gasteiger partial charge on any atom is -0.00158 e. The molecule has 14 heavy (non-hydrogen) atoms. The van der Waals surface area contributed by atoms with Crippen LogP contribution in [0.4, 0.5) is 0 Å². The van der Waals surface area contributed by atoms with Crippen LogP contribution < -0.4 is 0 Å². The minimum atomic E-state index is 0.526. The lowest BCUT2D eigenvalue weighted by Gasteiger charge is -2.37. The van der Waals surface area contributed by atoms with Gasteiger partial charge in [-0.15, -0.1) is 0 Å². The van der Waals surface area contributed by atoms with Crippen molar-refractivity contribution in [2.45, 2.75) is 46.5 Å². The third-order valence-electron chi connectivity index (χ3n) is 4.30. The Hall–Kier alpha value is -0.0400. The highest BCUT2D eigenvalue weighted by atomic mass is 15.1. The molecular formula is C13H25N. The summed E-state index contributed by atoms with van der Waals surface area (Å²) < 4.78 is 0. The Bertz CT molecular complexity index is 192. The quantitative estimate of drug-likeness (QED) is 0.574. The summed E-state index contributed by atoms with van der Waals surface area (Å²) in [6.07, 6.45) is 5.83. The topological polar surface area (TPSA) is 3.24 Å². The van der Waals surface area contributed by atoms with Gasteiger partial charge in [0, 0.05) is 0 Å². The molecule has 0 N–H and O–H groups in total. The largest absolute Gasteiger partial charge is 0.303 e. The van der Waals surface area contributed by atoms with Gasteiger partial charge >= 0.3 is 0 Å². The van der Waals surface area contributed by atoms with Gasteiger partial charge in [-0.3, -0.25) is 0 Å². The molecule has 0 radical (unpaired) electrons. The Labute approximate surface area is 88.9 Å². The van der Waals surface area contributed by atoms with Crippen molar-refractivity contribution in [3.05, 3.63) is 0 Å². The zero-order valence-corrected chi connectivity index (χ0v) is 10.1. The Kier molecular flexibility index (Phi) is 2.88. The second-order valence-corrected chi connectivity index (χ2v) is 6.29. The Morgan fingerprint density at radius 3 is 2.36 bits per heavy atom. The smallest absolute Gasteiger partial charge is 0.00158 e. The van der Waals surface area contributed by atoms with E-state index in [0.717, 1.165) is 11.8 Å². The van der Waals surface area contributed by atoms with Crippen molar-refractivity contribution in [1.29, 1.82) is 0 Å². The summed E-state index contributed by atoms with van der Waals surface area (Å²) in [5.74, 6) is 1.98. The number of hydrogen-bond donors (Lipinski definition) is 0. The SMILES string of the molecule is CC(C)(C)C1CCN2CCCC1CC2. The monoisotopic (exact) mass is 195 g/mol. The summed E-state index contributed by atoms with van der Waals surface area (Å²) >= 11 is 0. The minimum Gasteiger partial charge on any atom is -0.303 e. The lowest BCUT2D eigenvalue weighted by Crippen LogP contribution is -2.31. The predicted molar refractivity (Wildman–Crippen MR) is 61.3 cm³/mol. The van der Waals surface area contributed by atoms with Gasteiger partial charge in [-0.1, -0.05) is 20.8 Å². The van der Waals surface area contributed by atoms with Gasteiger partial charge in [0.15, 0.2) is 0 Å². The van der Waals surface area contributed by atoms with E-state index >= 15 is 0 Å². The highest BCUT2D eigenvalue weighted by Gasteiger charge is 2.35. The molecular weight excluding hydrogens is 170 g/mol. The third-order valence-corrected chi connectivity index (χ3v) is 4.30. The van der Waals surface area contributed by atoms with E-state index in [0.29, 0.717) is 5.41 Å². The summed E-state index contributed by atoms with van der Waals surface area (Å²) in [6.45, 7) is 11.4. The van der Waals surface area contributed by atoms with Crippen molar-refractivity contribution in [1.82, 2.24) is 4.90 Å². The van der Waals surface area contributed by atoms with Crippen LogP contribution in [-0.2, 0) is 0 Å². The molecule has 2 aliphatic rings. The fourth-order valence-electron chi connectivity index (χ4n) is 3.51. The summed E-state index contributed by atoms with van der Waals surface area (Å²) in [6, 6.07) is 0. The molecule has 0 aliphatic carbocycles. The highest BCUT2D eigenvalue weighted by molar-refractivity contribution is 4.87. The van der Waals surface area contributed by atoms with Gasteiger partial charge in [0.25, 0.3) is 0 Å². The van der Waals surface area contributed by atoms with Gasteiger partial charge in [-0.05, 0) is 62.6 Å². The maximum absolute atomic E-state index is 2.69. The number of hydrogen-bond acceptors (Lipinski definition) is 1. The van der Waals surface area contributed by atoms with Gasteiger partial charge in [-0.2, -0.15) is 0 Å². The van der Waals surface area contributed by atoms with Crippen molar-refractivity contribution in [2.24, 2.45) is 17.3 Å². The third kappa shape index (κ3) is 2.13. The van der Waals surface area contributed by atoms with Crippen molar-refractivity contribution in [3.63, 3.8) is 0 Å². The Balaban J connectivity index is 2.11. The van der Waals surface area contributed by atoms with Crippen LogP contribution in [0.2, 0.25) is 0 Å². The van der Waals surface area contributed by atoms with Crippen molar-refractivity contribution in [2.75, 3.05) is 19.6 Å². The van der Waals surface area contributed by atoms with Crippen LogP contribution in [-0.4, -0.2) is 24.5 Å². The van der Waals surface area contributed by atoms with Crippen LogP contribution >= 0.6 is 0 Å². The van der Waals surface area contributed by atoms with E-state index < -0.39 is 0 Å². The summed E-state index contributed by atoms with van der Waals surface area (Å²) in [7, 11) is 0. The molecule has 2 rings (SSSR count). The normalized spacial score (nSPS) is 39.2. The van der Waals surface area contributed by atoms with E-state index in [-0.39, 0.29) is 0 Å². The average Bonchev–Trinajstić information content (AvgIpc) is 2.32. The Morgan fingerprint density at radius 2 is 1.64 bits per heavy atom. The molecule has 3 atom stereocenters. The molecule has 82 valence electrons. The van der Waals surface area contributed by atoms with E-state index in [9.17, 15) is 0 Å². The fraction of sp³-hybridized carbons (Fsp3) is 1.00. The number of rotatable bonds is 0. The molecule has 1 heteroatoms. The molecule has 0 aromatic heterocycles. The molecule has 3 unspecified atom stereocenters. The van der Waals surface area contributed by atoms with E-state index in [1.165, 1.54) is 45.3 Å². The molecule has 2 bridgehead atoms. The summed E-state index contributed by atoms with van der Waals surface area (Å²) in [5, 5.41) is 0. The Morgan fingerprint density at radius 1 is 0.929 bits per heavy atom. The molecule has 2 aliphatic heterocycles. The molecule has 0 amide bonds. The molecule has 1 nitrogen and oxygen atoms in total. The molecule has 2 fully saturated rings. The summed E-state index contributed by atoms with van der Waals surface area (Å²) in [5.41, 5.74) is 0.526. The van der Waals surface area contributed by atoms with E-state index in [4.69, 9.17) is 0 Å². The van der Waals surface area contributed by atoms with Gasteiger partial charge in [-0.25, -0.2) is 0 Å². The second kappa shape index (κ2) is 3.84. The minimum absolute atomic E-state index is 0.526. The number of fused-ring (bicyclic) bond motifs is 3. The zero-order valence-electron chi connectivity index (χ0n) is 10.1. The zero-order chi connectivity index (χ0) is 10.2. The first-order valence-electron chi connectivity index (χ1n) is 6.30. The number of nitrogens with zero attached hydrogens (tertiary/aromatic N) is 1. The predicted octanol–water partition coefficient (Wildman–Crippen LogP) is 3.15. The first-order valence-corrected chi connectivity index (χ1v) is 6.30. The van der Waals surface area contributed by atoms with Gasteiger partial charge in [0.1, 0.15) is 0 Å². The molecule has 0 spiro atoms. The van der Waals surface area contributed by atoms with E-state index in [1.807, 2.05) is 0 Å². The molecule has 2 saturated heterocycles. The van der Waals surface area contributed by atoms with E-state index in [2.05, 4.69) is 25.7 Å². The van der Waals surface area contributed by atoms with Gasteiger partial charge in [0.05, 0.1) is 0 Å². The molecule has 0 aromatic carbocycles. The van der Waals surface area contributed by atoms with Crippen LogP contribution in [0.25, 0.3) is 0 Å². The van der Waals surface area contributed by atoms with Gasteiger partial charge in [0.2, 0.25) is 0 Å². The van der Waals surface area contributed by atoms with Gasteiger partial charge < -0.3 is 4.90 Å². The molecule has 2 heterocycles. The van der Waals surface area contributed by atoms with Crippen molar-refractivity contribution in [3.8, 4) is 0 Å². The standard InChI is InChI=1S/C13H25N/c1-13(2,3)12-7-10-14-8-4-5-11(12)6-9-14/h11-12H,4-10H2,1-3H3. The van der Waals surface area contributed by atoms with Crippen LogP contribution in [0.1, 0.15) is 46.5 Å². The molecule has 0 aromatic rings. The van der Waals surface area contributed by atoms with Crippen LogP contribution in [0.15, 0.2) is 0 Å². The van der Waals surface area contributed by atoms with Crippen molar-refractivity contribution >= 4 is 0 Å². The lowest BCUT2D eigenvalue weighted by molar-refractivity contribution is 0.132. The highest BCUT2D eigenvalue weighted by Crippen LogP contribution is 2.41. The first kappa shape index (κ1) is 10.5. The second-order valence-electron chi connectivity index (χ2n) is 6.29. The average molecular weight is 195 g/mol. The molecule has 0 saturated carbocycles. The van der Waals surface area contributed by atoms with Crippen molar-refractivity contribution < 1.29 is 0 Å². The summed E-state index contributed by atoms with van der Waals surface area (Å²) in [4.78, 5) is 2.69. The van der Waals surface area contributed by atoms with E-state index in [1.54, 1.807) is 0 Å².